The minimum atomic E-state index is -1.05. The van der Waals surface area contributed by atoms with Gasteiger partial charge in [-0.15, -0.1) is 0 Å². The maximum atomic E-state index is 12.2. The number of nitrogens with one attached hydrogen (secondary N) is 1. The molecule has 3 aromatic carbocycles. The number of halogens is 2. The third-order valence-electron chi connectivity index (χ3n) is 9.51. The summed E-state index contributed by atoms with van der Waals surface area (Å²) in [5.74, 6) is 0.889. The van der Waals surface area contributed by atoms with E-state index >= 15 is 0 Å². The summed E-state index contributed by atoms with van der Waals surface area (Å²) < 4.78 is 20.4. The van der Waals surface area contributed by atoms with Gasteiger partial charge in [0.2, 0.25) is 0 Å². The van der Waals surface area contributed by atoms with E-state index in [1.165, 1.54) is 18.8 Å². The zero-order valence-electron chi connectivity index (χ0n) is 30.4. The minimum Gasteiger partial charge on any atom is -0.492 e. The summed E-state index contributed by atoms with van der Waals surface area (Å²) in [6, 6.07) is 18.0. The summed E-state index contributed by atoms with van der Waals surface area (Å²) in [7, 11) is 3.87. The number of carbonyl (C=O) groups is 1. The van der Waals surface area contributed by atoms with E-state index in [-0.39, 0.29) is 19.8 Å². The van der Waals surface area contributed by atoms with Gasteiger partial charge in [0, 0.05) is 73.0 Å². The normalized spacial score (nSPS) is 15.0. The van der Waals surface area contributed by atoms with Crippen molar-refractivity contribution in [3.63, 3.8) is 0 Å². The number of rotatable bonds is 15. The number of aryl methyl sites for hydroxylation is 1. The first kappa shape index (κ1) is 38.6. The molecule has 0 amide bonds. The van der Waals surface area contributed by atoms with Crippen molar-refractivity contribution >= 4 is 29.2 Å². The third kappa shape index (κ3) is 9.51. The fourth-order valence-corrected chi connectivity index (χ4v) is 7.15. The standard InChI is InChI=1S/C41H42Cl2N6O5/c1-26-30(8-4-9-33(26)34-10-5-11-36(39(34)43)52-23-27-7-6-12-48(2)21-27)25-54-38-15-37(53-24-29-13-28(16-44)17-45-18-29)31(14-35(38)42)19-46-40(41(50)51)32-20-47-49(3)22-32/h4-5,8-11,13-15,17-18,20,22,27,40,46H,6-7,12,19,21,23-25H2,1-3H3,(H,50,51). The van der Waals surface area contributed by atoms with Gasteiger partial charge in [0.1, 0.15) is 42.6 Å². The van der Waals surface area contributed by atoms with Gasteiger partial charge in [0.05, 0.1) is 28.4 Å². The van der Waals surface area contributed by atoms with E-state index in [4.69, 9.17) is 37.4 Å². The van der Waals surface area contributed by atoms with Gasteiger partial charge in [-0.05, 0) is 68.2 Å². The fourth-order valence-electron chi connectivity index (χ4n) is 6.63. The molecule has 1 aliphatic rings. The Hall–Kier alpha value is -5.12. The second-order valence-electron chi connectivity index (χ2n) is 13.5. The molecule has 0 saturated carbocycles. The number of ether oxygens (including phenoxy) is 3. The summed E-state index contributed by atoms with van der Waals surface area (Å²) in [5.41, 5.74) is 5.98. The molecule has 280 valence electrons. The Morgan fingerprint density at radius 3 is 2.56 bits per heavy atom. The van der Waals surface area contributed by atoms with E-state index in [2.05, 4.69) is 33.4 Å². The molecule has 0 aliphatic carbocycles. The molecule has 0 spiro atoms. The number of aliphatic carboxylic acids is 1. The highest BCUT2D eigenvalue weighted by Gasteiger charge is 2.23. The Labute approximate surface area is 325 Å². The first-order valence-corrected chi connectivity index (χ1v) is 18.4. The maximum Gasteiger partial charge on any atom is 0.325 e. The van der Waals surface area contributed by atoms with E-state index in [1.54, 1.807) is 42.3 Å². The first-order valence-electron chi connectivity index (χ1n) is 17.6. The van der Waals surface area contributed by atoms with Crippen LogP contribution < -0.4 is 19.5 Å². The van der Waals surface area contributed by atoms with Gasteiger partial charge in [0.15, 0.2) is 0 Å². The molecule has 0 bridgehead atoms. The molecule has 2 atom stereocenters. The van der Waals surface area contributed by atoms with Crippen molar-refractivity contribution < 1.29 is 24.1 Å². The molecule has 0 radical (unpaired) electrons. The summed E-state index contributed by atoms with van der Waals surface area (Å²) >= 11 is 13.8. The van der Waals surface area contributed by atoms with Gasteiger partial charge in [0.25, 0.3) is 0 Å². The second-order valence-corrected chi connectivity index (χ2v) is 14.3. The predicted molar refractivity (Wildman–Crippen MR) is 207 cm³/mol. The smallest absolute Gasteiger partial charge is 0.325 e. The van der Waals surface area contributed by atoms with Gasteiger partial charge >= 0.3 is 5.97 Å². The van der Waals surface area contributed by atoms with Crippen LogP contribution in [0.25, 0.3) is 11.1 Å². The van der Waals surface area contributed by atoms with E-state index in [9.17, 15) is 15.2 Å². The Morgan fingerprint density at radius 2 is 1.80 bits per heavy atom. The summed E-state index contributed by atoms with van der Waals surface area (Å²) in [6.45, 7) is 5.20. The van der Waals surface area contributed by atoms with Crippen molar-refractivity contribution in [2.24, 2.45) is 13.0 Å². The van der Waals surface area contributed by atoms with Gasteiger partial charge in [-0.2, -0.15) is 10.4 Å². The highest BCUT2D eigenvalue weighted by atomic mass is 35.5. The molecule has 1 aliphatic heterocycles. The average molecular weight is 770 g/mol. The highest BCUT2D eigenvalue weighted by molar-refractivity contribution is 6.35. The molecule has 6 rings (SSSR count). The Kier molecular flexibility index (Phi) is 12.7. The van der Waals surface area contributed by atoms with Gasteiger partial charge in [-0.3, -0.25) is 19.8 Å². The zero-order valence-corrected chi connectivity index (χ0v) is 31.9. The molecule has 5 aromatic rings. The Bertz CT molecular complexity index is 2150. The monoisotopic (exact) mass is 768 g/mol. The first-order chi connectivity index (χ1) is 26.1. The Balaban J connectivity index is 1.21. The highest BCUT2D eigenvalue weighted by Crippen LogP contribution is 2.39. The van der Waals surface area contributed by atoms with E-state index in [1.807, 2.05) is 43.3 Å². The van der Waals surface area contributed by atoms with Crippen LogP contribution >= 0.6 is 23.2 Å². The molecule has 11 nitrogen and oxygen atoms in total. The van der Waals surface area contributed by atoms with Crippen LogP contribution in [0.15, 0.2) is 79.4 Å². The van der Waals surface area contributed by atoms with Crippen molar-refractivity contribution in [2.45, 2.75) is 45.6 Å². The van der Waals surface area contributed by atoms with Crippen molar-refractivity contribution in [1.29, 1.82) is 5.26 Å². The molecule has 2 unspecified atom stereocenters. The van der Waals surface area contributed by atoms with E-state index in [0.717, 1.165) is 41.8 Å². The number of pyridine rings is 1. The van der Waals surface area contributed by atoms with Gasteiger partial charge in [-0.1, -0.05) is 53.5 Å². The van der Waals surface area contributed by atoms with Crippen LogP contribution in [0, 0.1) is 24.2 Å². The molecular weight excluding hydrogens is 727 g/mol. The van der Waals surface area contributed by atoms with Crippen molar-refractivity contribution in [3.05, 3.63) is 123 Å². The average Bonchev–Trinajstić information content (AvgIpc) is 3.59. The molecule has 3 heterocycles. The predicted octanol–water partition coefficient (Wildman–Crippen LogP) is 7.76. The van der Waals surface area contributed by atoms with Gasteiger partial charge in [-0.25, -0.2) is 0 Å². The number of nitrogens with zero attached hydrogens (tertiary/aromatic N) is 5. The van der Waals surface area contributed by atoms with Crippen LogP contribution in [-0.2, 0) is 31.6 Å². The largest absolute Gasteiger partial charge is 0.492 e. The number of aromatic nitrogens is 3. The Morgan fingerprint density at radius 1 is 1.00 bits per heavy atom. The van der Waals surface area contributed by atoms with Crippen LogP contribution in [0.2, 0.25) is 10.0 Å². The SMILES string of the molecule is Cc1c(COc2cc(OCc3cncc(C#N)c3)c(CNC(C(=O)O)c3cnn(C)c3)cc2Cl)cccc1-c1cccc(OCC2CCCN(C)C2)c1Cl. The summed E-state index contributed by atoms with van der Waals surface area (Å²) in [5, 5.41) is 27.4. The number of hydrogen-bond donors (Lipinski definition) is 2. The number of nitriles is 1. The van der Waals surface area contributed by atoms with Crippen LogP contribution in [0.3, 0.4) is 0 Å². The number of likely N-dealkylation sites (tertiary alicyclic amines) is 1. The van der Waals surface area contributed by atoms with Crippen LogP contribution in [-0.4, -0.2) is 57.5 Å². The van der Waals surface area contributed by atoms with E-state index < -0.39 is 12.0 Å². The van der Waals surface area contributed by atoms with Crippen molar-refractivity contribution in [3.8, 4) is 34.4 Å². The van der Waals surface area contributed by atoms with Gasteiger partial charge < -0.3 is 24.2 Å². The van der Waals surface area contributed by atoms with Crippen molar-refractivity contribution in [2.75, 3.05) is 26.7 Å². The van der Waals surface area contributed by atoms with E-state index in [0.29, 0.717) is 62.1 Å². The number of carboxylic acids is 1. The minimum absolute atomic E-state index is 0.101. The lowest BCUT2D eigenvalue weighted by molar-refractivity contribution is -0.139. The lowest BCUT2D eigenvalue weighted by Gasteiger charge is -2.29. The van der Waals surface area contributed by atoms with Crippen LogP contribution in [0.1, 0.15) is 52.3 Å². The van der Waals surface area contributed by atoms with Crippen molar-refractivity contribution in [1.82, 2.24) is 25.0 Å². The summed E-state index contributed by atoms with van der Waals surface area (Å²) in [4.78, 5) is 18.6. The molecule has 1 fully saturated rings. The molecule has 1 saturated heterocycles. The molecular formula is C41H42Cl2N6O5. The number of piperidine rings is 1. The second kappa shape index (κ2) is 17.8. The molecule has 2 aromatic heterocycles. The molecule has 13 heteroatoms. The quantitative estimate of drug-likeness (QED) is 0.109. The number of hydrogen-bond acceptors (Lipinski definition) is 9. The summed E-state index contributed by atoms with van der Waals surface area (Å²) in [6.07, 6.45) is 8.57. The van der Waals surface area contributed by atoms with Crippen LogP contribution in [0.4, 0.5) is 0 Å². The fraction of sp³-hybridized carbons (Fsp3) is 0.317. The topological polar surface area (TPSA) is 135 Å². The lowest BCUT2D eigenvalue weighted by Crippen LogP contribution is -2.34. The molecule has 54 heavy (non-hydrogen) atoms. The maximum absolute atomic E-state index is 12.2. The lowest BCUT2D eigenvalue weighted by atomic mass is 9.96. The van der Waals surface area contributed by atoms with Crippen LogP contribution in [0.5, 0.6) is 17.2 Å². The third-order valence-corrected chi connectivity index (χ3v) is 10.2. The molecule has 2 N–H and O–H groups in total. The number of carboxylic acid groups (broad SMARTS) is 1. The number of benzene rings is 3. The zero-order chi connectivity index (χ0) is 38.2.